The Bertz CT molecular complexity index is 585. The highest BCUT2D eigenvalue weighted by Gasteiger charge is 2.09. The van der Waals surface area contributed by atoms with Gasteiger partial charge in [0.05, 0.1) is 37.2 Å². The number of nitrogens with zero attached hydrogens (tertiary/aromatic N) is 1. The molecule has 1 N–H and O–H groups in total. The van der Waals surface area contributed by atoms with Gasteiger partial charge in [0.2, 0.25) is 0 Å². The van der Waals surface area contributed by atoms with E-state index in [-0.39, 0.29) is 0 Å². The number of hydrogen-bond donors (Lipinski definition) is 1. The van der Waals surface area contributed by atoms with Gasteiger partial charge >= 0.3 is 0 Å². The lowest BCUT2D eigenvalue weighted by molar-refractivity contribution is 0.355. The number of ether oxygens (including phenoxy) is 2. The lowest BCUT2D eigenvalue weighted by atomic mass is 10.2. The lowest BCUT2D eigenvalue weighted by Gasteiger charge is -2.13. The minimum absolute atomic E-state index is 0.578. The Morgan fingerprint density at radius 3 is 2.45 bits per heavy atom. The molecule has 5 heteroatoms. The van der Waals surface area contributed by atoms with Crippen LogP contribution in [0.5, 0.6) is 11.5 Å². The third kappa shape index (κ3) is 3.33. The van der Waals surface area contributed by atoms with Gasteiger partial charge in [-0.3, -0.25) is 4.98 Å². The molecule has 0 saturated heterocycles. The van der Waals surface area contributed by atoms with E-state index in [9.17, 15) is 0 Å². The smallest absolute Gasteiger partial charge is 0.162 e. The summed E-state index contributed by atoms with van der Waals surface area (Å²) < 4.78 is 10.5. The molecule has 2 aromatic rings. The van der Waals surface area contributed by atoms with E-state index < -0.39 is 0 Å². The van der Waals surface area contributed by atoms with Crippen LogP contribution in [0.25, 0.3) is 0 Å². The highest BCUT2D eigenvalue weighted by Crippen LogP contribution is 2.36. The van der Waals surface area contributed by atoms with Gasteiger partial charge in [-0.15, -0.1) is 0 Å². The van der Waals surface area contributed by atoms with Crippen molar-refractivity contribution in [3.8, 4) is 11.5 Å². The molecule has 106 valence electrons. The van der Waals surface area contributed by atoms with E-state index in [1.165, 1.54) is 0 Å². The Morgan fingerprint density at radius 1 is 1.15 bits per heavy atom. The maximum Gasteiger partial charge on any atom is 0.162 e. The van der Waals surface area contributed by atoms with Crippen molar-refractivity contribution < 1.29 is 9.47 Å². The van der Waals surface area contributed by atoms with Crippen LogP contribution in [-0.2, 0) is 6.54 Å². The lowest BCUT2D eigenvalue weighted by Crippen LogP contribution is -2.03. The zero-order valence-electron chi connectivity index (χ0n) is 11.7. The second kappa shape index (κ2) is 6.48. The average molecular weight is 293 g/mol. The average Bonchev–Trinajstić information content (AvgIpc) is 2.47. The minimum Gasteiger partial charge on any atom is -0.493 e. The summed E-state index contributed by atoms with van der Waals surface area (Å²) in [5, 5.41) is 3.82. The van der Waals surface area contributed by atoms with Crippen LogP contribution in [0.3, 0.4) is 0 Å². The van der Waals surface area contributed by atoms with E-state index in [2.05, 4.69) is 10.3 Å². The number of rotatable bonds is 5. The quantitative estimate of drug-likeness (QED) is 0.913. The Morgan fingerprint density at radius 2 is 1.85 bits per heavy atom. The molecular formula is C15H17ClN2O2. The van der Waals surface area contributed by atoms with Gasteiger partial charge in [0.15, 0.2) is 11.5 Å². The first-order chi connectivity index (χ1) is 9.63. The van der Waals surface area contributed by atoms with Crippen molar-refractivity contribution in [1.29, 1.82) is 0 Å². The number of anilines is 1. The zero-order chi connectivity index (χ0) is 14.5. The second-order valence-electron chi connectivity index (χ2n) is 4.37. The van der Waals surface area contributed by atoms with E-state index in [4.69, 9.17) is 21.1 Å². The minimum atomic E-state index is 0.578. The number of hydrogen-bond acceptors (Lipinski definition) is 4. The molecule has 0 aliphatic carbocycles. The fourth-order valence-corrected chi connectivity index (χ4v) is 2.00. The summed E-state index contributed by atoms with van der Waals surface area (Å²) in [5.41, 5.74) is 2.87. The van der Waals surface area contributed by atoms with Crippen LogP contribution in [0.1, 0.15) is 11.3 Å². The van der Waals surface area contributed by atoms with Crippen LogP contribution < -0.4 is 14.8 Å². The van der Waals surface area contributed by atoms with E-state index in [0.717, 1.165) is 16.9 Å². The molecule has 20 heavy (non-hydrogen) atoms. The van der Waals surface area contributed by atoms with Crippen molar-refractivity contribution in [3.63, 3.8) is 0 Å². The van der Waals surface area contributed by atoms with Crippen molar-refractivity contribution in [2.75, 3.05) is 19.5 Å². The predicted molar refractivity (Wildman–Crippen MR) is 80.9 cm³/mol. The number of aromatic nitrogens is 1. The van der Waals surface area contributed by atoms with Crippen LogP contribution >= 0.6 is 11.6 Å². The fourth-order valence-electron chi connectivity index (χ4n) is 1.78. The summed E-state index contributed by atoms with van der Waals surface area (Å²) in [6.45, 7) is 2.60. The summed E-state index contributed by atoms with van der Waals surface area (Å²) in [6.07, 6.45) is 1.84. The number of benzene rings is 1. The summed E-state index contributed by atoms with van der Waals surface area (Å²) in [4.78, 5) is 4.34. The summed E-state index contributed by atoms with van der Waals surface area (Å²) in [7, 11) is 3.18. The molecule has 0 unspecified atom stereocenters. The monoisotopic (exact) mass is 292 g/mol. The summed E-state index contributed by atoms with van der Waals surface area (Å²) in [6, 6.07) is 7.55. The van der Waals surface area contributed by atoms with Crippen molar-refractivity contribution in [2.24, 2.45) is 0 Å². The Balaban J connectivity index is 2.14. The second-order valence-corrected chi connectivity index (χ2v) is 4.77. The van der Waals surface area contributed by atoms with E-state index in [0.29, 0.717) is 23.1 Å². The number of nitrogens with one attached hydrogen (secondary N) is 1. The van der Waals surface area contributed by atoms with E-state index in [1.807, 2.05) is 31.3 Å². The number of halogens is 1. The van der Waals surface area contributed by atoms with E-state index >= 15 is 0 Å². The van der Waals surface area contributed by atoms with Gasteiger partial charge in [-0.1, -0.05) is 17.7 Å². The maximum absolute atomic E-state index is 6.21. The van der Waals surface area contributed by atoms with Crippen molar-refractivity contribution in [1.82, 2.24) is 4.98 Å². The van der Waals surface area contributed by atoms with Gasteiger partial charge in [0.25, 0.3) is 0 Å². The molecule has 0 amide bonds. The van der Waals surface area contributed by atoms with Crippen LogP contribution in [0, 0.1) is 6.92 Å². The largest absolute Gasteiger partial charge is 0.493 e. The van der Waals surface area contributed by atoms with Crippen molar-refractivity contribution >= 4 is 17.3 Å². The molecule has 0 saturated carbocycles. The van der Waals surface area contributed by atoms with Gasteiger partial charge in [-0.25, -0.2) is 0 Å². The van der Waals surface area contributed by atoms with Gasteiger partial charge < -0.3 is 14.8 Å². The predicted octanol–water partition coefficient (Wildman–Crippen LogP) is 3.67. The molecule has 0 fully saturated rings. The molecule has 0 aliphatic rings. The molecule has 1 aromatic carbocycles. The molecule has 0 aliphatic heterocycles. The first-order valence-corrected chi connectivity index (χ1v) is 6.58. The number of methoxy groups -OCH3 is 2. The molecule has 1 aromatic heterocycles. The Kier molecular flexibility index (Phi) is 4.69. The normalized spacial score (nSPS) is 10.2. The Hall–Kier alpha value is -1.94. The van der Waals surface area contributed by atoms with Crippen molar-refractivity contribution in [3.05, 3.63) is 46.7 Å². The maximum atomic E-state index is 6.21. The molecule has 0 atom stereocenters. The zero-order valence-corrected chi connectivity index (χ0v) is 12.5. The first kappa shape index (κ1) is 14.5. The van der Waals surface area contributed by atoms with Gasteiger partial charge in [-0.05, 0) is 18.6 Å². The SMILES string of the molecule is COc1cc(Cl)c(NCc2ccc(C)cn2)cc1OC. The molecule has 0 spiro atoms. The molecular weight excluding hydrogens is 276 g/mol. The fraction of sp³-hybridized carbons (Fsp3) is 0.267. The topological polar surface area (TPSA) is 43.4 Å². The van der Waals surface area contributed by atoms with Crippen LogP contribution in [-0.4, -0.2) is 19.2 Å². The van der Waals surface area contributed by atoms with Crippen LogP contribution in [0.15, 0.2) is 30.5 Å². The highest BCUT2D eigenvalue weighted by molar-refractivity contribution is 6.33. The number of aryl methyl sites for hydroxylation is 1. The third-order valence-electron chi connectivity index (χ3n) is 2.91. The molecule has 1 heterocycles. The van der Waals surface area contributed by atoms with Crippen LogP contribution in [0.2, 0.25) is 5.02 Å². The number of pyridine rings is 1. The summed E-state index contributed by atoms with van der Waals surface area (Å²) >= 11 is 6.21. The molecule has 0 radical (unpaired) electrons. The standard InChI is InChI=1S/C15H17ClN2O2/c1-10-4-5-11(17-8-10)9-18-13-7-15(20-3)14(19-2)6-12(13)16/h4-8,18H,9H2,1-3H3. The van der Waals surface area contributed by atoms with Gasteiger partial charge in [0, 0.05) is 18.3 Å². The Labute approximate surface area is 123 Å². The third-order valence-corrected chi connectivity index (χ3v) is 3.22. The van der Waals surface area contributed by atoms with Crippen LogP contribution in [0.4, 0.5) is 5.69 Å². The van der Waals surface area contributed by atoms with Crippen molar-refractivity contribution in [2.45, 2.75) is 13.5 Å². The summed E-state index contributed by atoms with van der Waals surface area (Å²) in [5.74, 6) is 1.24. The molecule has 0 bridgehead atoms. The van der Waals surface area contributed by atoms with Gasteiger partial charge in [0.1, 0.15) is 0 Å². The molecule has 4 nitrogen and oxygen atoms in total. The van der Waals surface area contributed by atoms with E-state index in [1.54, 1.807) is 20.3 Å². The highest BCUT2D eigenvalue weighted by atomic mass is 35.5. The van der Waals surface area contributed by atoms with Gasteiger partial charge in [-0.2, -0.15) is 0 Å². The first-order valence-electron chi connectivity index (χ1n) is 6.21. The molecule has 2 rings (SSSR count).